The third-order valence-electron chi connectivity index (χ3n) is 3.64. The first-order valence-electron chi connectivity index (χ1n) is 7.35. The van der Waals surface area contributed by atoms with E-state index < -0.39 is 18.0 Å². The monoisotopic (exact) mass is 320 g/mol. The highest BCUT2D eigenvalue weighted by atomic mass is 16.5. The number of allylic oxidation sites excluding steroid dienone is 1. The van der Waals surface area contributed by atoms with Gasteiger partial charge in [-0.25, -0.2) is 9.59 Å². The number of amides is 2. The van der Waals surface area contributed by atoms with Gasteiger partial charge < -0.3 is 20.3 Å². The van der Waals surface area contributed by atoms with Gasteiger partial charge >= 0.3 is 12.0 Å². The van der Waals surface area contributed by atoms with Gasteiger partial charge in [-0.2, -0.15) is 0 Å². The number of aromatic hydroxyl groups is 1. The van der Waals surface area contributed by atoms with Crippen LogP contribution in [-0.4, -0.2) is 46.9 Å². The van der Waals surface area contributed by atoms with E-state index in [9.17, 15) is 14.7 Å². The smallest absolute Gasteiger partial charge is 0.338 e. The molecule has 1 aliphatic rings. The fourth-order valence-electron chi connectivity index (χ4n) is 2.54. The molecule has 1 atom stereocenters. The first-order chi connectivity index (χ1) is 11.0. The molecule has 0 aromatic heterocycles. The van der Waals surface area contributed by atoms with Crippen LogP contribution in [0.25, 0.3) is 0 Å². The number of hydrogen-bond donors (Lipinski definition) is 3. The number of aliphatic hydroxyl groups is 1. The summed E-state index contributed by atoms with van der Waals surface area (Å²) in [6, 6.07) is 5.17. The van der Waals surface area contributed by atoms with Crippen molar-refractivity contribution in [2.24, 2.45) is 0 Å². The van der Waals surface area contributed by atoms with Crippen LogP contribution in [0.1, 0.15) is 25.5 Å². The Bertz CT molecular complexity index is 624. The zero-order chi connectivity index (χ0) is 17.0. The van der Waals surface area contributed by atoms with Gasteiger partial charge in [0.25, 0.3) is 0 Å². The minimum Gasteiger partial charge on any atom is -0.508 e. The first-order valence-corrected chi connectivity index (χ1v) is 7.35. The van der Waals surface area contributed by atoms with E-state index in [2.05, 4.69) is 5.32 Å². The summed E-state index contributed by atoms with van der Waals surface area (Å²) < 4.78 is 5.10. The molecular weight excluding hydrogens is 300 g/mol. The normalized spacial score (nSPS) is 18.0. The van der Waals surface area contributed by atoms with E-state index in [1.165, 1.54) is 17.0 Å². The molecule has 124 valence electrons. The summed E-state index contributed by atoms with van der Waals surface area (Å²) in [7, 11) is 0. The van der Waals surface area contributed by atoms with Gasteiger partial charge in [0.2, 0.25) is 0 Å². The summed E-state index contributed by atoms with van der Waals surface area (Å²) in [5.74, 6) is -0.429. The molecule has 0 bridgehead atoms. The van der Waals surface area contributed by atoms with Crippen molar-refractivity contribution in [1.82, 2.24) is 10.2 Å². The molecule has 23 heavy (non-hydrogen) atoms. The second kappa shape index (κ2) is 7.15. The highest BCUT2D eigenvalue weighted by Gasteiger charge is 2.36. The Hall–Kier alpha value is -2.54. The number of nitrogens with one attached hydrogen (secondary N) is 1. The number of hydrogen-bond acceptors (Lipinski definition) is 5. The van der Waals surface area contributed by atoms with Crippen molar-refractivity contribution in [3.05, 3.63) is 41.1 Å². The molecule has 2 amide bonds. The van der Waals surface area contributed by atoms with Crippen molar-refractivity contribution in [2.75, 3.05) is 19.8 Å². The second-order valence-corrected chi connectivity index (χ2v) is 5.07. The van der Waals surface area contributed by atoms with E-state index in [1.54, 1.807) is 26.0 Å². The molecule has 3 N–H and O–H groups in total. The van der Waals surface area contributed by atoms with Gasteiger partial charge in [0.05, 0.1) is 31.4 Å². The van der Waals surface area contributed by atoms with Gasteiger partial charge in [0, 0.05) is 5.70 Å². The van der Waals surface area contributed by atoms with Gasteiger partial charge in [-0.15, -0.1) is 0 Å². The van der Waals surface area contributed by atoms with Gasteiger partial charge in [0.1, 0.15) is 5.75 Å². The van der Waals surface area contributed by atoms with Crippen LogP contribution in [0, 0.1) is 0 Å². The number of phenolic OH excluding ortho intramolecular Hbond substituents is 1. The molecule has 0 aliphatic carbocycles. The molecule has 2 rings (SSSR count). The number of urea groups is 1. The Morgan fingerprint density at radius 2 is 2.00 bits per heavy atom. The molecule has 0 radical (unpaired) electrons. The van der Waals surface area contributed by atoms with Crippen molar-refractivity contribution in [1.29, 1.82) is 0 Å². The molecule has 1 heterocycles. The third kappa shape index (κ3) is 3.45. The predicted octanol–water partition coefficient (Wildman–Crippen LogP) is 1.29. The maximum absolute atomic E-state index is 12.3. The Morgan fingerprint density at radius 3 is 2.57 bits per heavy atom. The average molecular weight is 320 g/mol. The quantitative estimate of drug-likeness (QED) is 0.710. The Kier molecular flexibility index (Phi) is 5.23. The van der Waals surface area contributed by atoms with Crippen LogP contribution >= 0.6 is 0 Å². The number of ether oxygens (including phenoxy) is 1. The fraction of sp³-hybridized carbons (Fsp3) is 0.375. The molecule has 0 spiro atoms. The van der Waals surface area contributed by atoms with E-state index in [-0.39, 0.29) is 25.5 Å². The molecule has 0 unspecified atom stereocenters. The van der Waals surface area contributed by atoms with Crippen LogP contribution in [0.5, 0.6) is 5.75 Å². The summed E-state index contributed by atoms with van der Waals surface area (Å²) in [4.78, 5) is 25.9. The molecule has 1 aromatic carbocycles. The lowest BCUT2D eigenvalue weighted by atomic mass is 9.95. The fourth-order valence-corrected chi connectivity index (χ4v) is 2.54. The summed E-state index contributed by atoms with van der Waals surface area (Å²) in [5.41, 5.74) is 1.41. The van der Waals surface area contributed by atoms with Crippen LogP contribution in [0.4, 0.5) is 4.79 Å². The number of aliphatic hydroxyl groups excluding tert-OH is 1. The molecule has 1 aliphatic heterocycles. The van der Waals surface area contributed by atoms with Gasteiger partial charge in [0.15, 0.2) is 0 Å². The topological polar surface area (TPSA) is 99.1 Å². The first kappa shape index (κ1) is 16.8. The molecule has 0 fully saturated rings. The zero-order valence-corrected chi connectivity index (χ0v) is 13.1. The number of rotatable bonds is 5. The van der Waals surface area contributed by atoms with E-state index in [0.717, 1.165) is 0 Å². The van der Waals surface area contributed by atoms with Crippen LogP contribution in [0.3, 0.4) is 0 Å². The lowest BCUT2D eigenvalue weighted by Crippen LogP contribution is -2.48. The Morgan fingerprint density at radius 1 is 1.35 bits per heavy atom. The summed E-state index contributed by atoms with van der Waals surface area (Å²) >= 11 is 0. The van der Waals surface area contributed by atoms with Crippen molar-refractivity contribution in [3.63, 3.8) is 0 Å². The van der Waals surface area contributed by atoms with Crippen molar-refractivity contribution < 1.29 is 24.5 Å². The highest BCUT2D eigenvalue weighted by Crippen LogP contribution is 2.31. The van der Waals surface area contributed by atoms with Gasteiger partial charge in [-0.1, -0.05) is 12.1 Å². The Labute approximate surface area is 134 Å². The third-order valence-corrected chi connectivity index (χ3v) is 3.64. The second-order valence-electron chi connectivity index (χ2n) is 5.07. The zero-order valence-electron chi connectivity index (χ0n) is 13.1. The maximum atomic E-state index is 12.3. The van der Waals surface area contributed by atoms with Gasteiger partial charge in [-0.3, -0.25) is 4.90 Å². The largest absolute Gasteiger partial charge is 0.508 e. The highest BCUT2D eigenvalue weighted by molar-refractivity contribution is 5.95. The van der Waals surface area contributed by atoms with Crippen molar-refractivity contribution in [3.8, 4) is 5.75 Å². The minimum atomic E-state index is -0.669. The average Bonchev–Trinajstić information content (AvgIpc) is 2.51. The van der Waals surface area contributed by atoms with E-state index in [0.29, 0.717) is 16.8 Å². The summed E-state index contributed by atoms with van der Waals surface area (Å²) in [6.45, 7) is 3.43. The molecular formula is C16H20N2O5. The van der Waals surface area contributed by atoms with Crippen LogP contribution in [0.15, 0.2) is 35.5 Å². The molecule has 0 saturated heterocycles. The van der Waals surface area contributed by atoms with E-state index >= 15 is 0 Å². The van der Waals surface area contributed by atoms with Crippen LogP contribution < -0.4 is 5.32 Å². The van der Waals surface area contributed by atoms with E-state index in [1.807, 2.05) is 0 Å². The maximum Gasteiger partial charge on any atom is 0.338 e. The van der Waals surface area contributed by atoms with E-state index in [4.69, 9.17) is 9.84 Å². The van der Waals surface area contributed by atoms with Crippen molar-refractivity contribution >= 4 is 12.0 Å². The molecule has 1 aromatic rings. The predicted molar refractivity (Wildman–Crippen MR) is 82.5 cm³/mol. The van der Waals surface area contributed by atoms with Gasteiger partial charge in [-0.05, 0) is 31.5 Å². The number of carbonyl (C=O) groups is 2. The lowest BCUT2D eigenvalue weighted by molar-refractivity contribution is -0.139. The number of β-amino-alcohol motifs (C(OH)–C–C–N with tert-alkyl or cyclic N) is 1. The standard InChI is InChI=1S/C16H20N2O5/c1-3-23-15(21)13-10(2)18(8-9-19)16(22)17-14(13)11-4-6-12(20)7-5-11/h4-7,14,19-20H,3,8-9H2,1-2H3,(H,17,22)/t14-/m1/s1. The molecule has 7 heteroatoms. The SMILES string of the molecule is CCOC(=O)C1=C(C)N(CCO)C(=O)N[C@@H]1c1ccc(O)cc1. The summed E-state index contributed by atoms with van der Waals surface area (Å²) in [5, 5.41) is 21.3. The number of benzene rings is 1. The van der Waals surface area contributed by atoms with Crippen LogP contribution in [0.2, 0.25) is 0 Å². The lowest BCUT2D eigenvalue weighted by Gasteiger charge is -2.35. The number of esters is 1. The van der Waals surface area contributed by atoms with Crippen molar-refractivity contribution in [2.45, 2.75) is 19.9 Å². The minimum absolute atomic E-state index is 0.0862. The summed E-state index contributed by atoms with van der Waals surface area (Å²) in [6.07, 6.45) is 0. The number of nitrogens with zero attached hydrogens (tertiary/aromatic N) is 1. The Balaban J connectivity index is 2.48. The van der Waals surface area contributed by atoms with Crippen LogP contribution in [-0.2, 0) is 9.53 Å². The molecule has 0 saturated carbocycles. The number of phenols is 1. The molecule has 7 nitrogen and oxygen atoms in total. The number of carbonyl (C=O) groups excluding carboxylic acids is 2.